The lowest BCUT2D eigenvalue weighted by molar-refractivity contribution is 0.0934. The molecular formula is C12H17NO5. The van der Waals surface area contributed by atoms with E-state index in [2.05, 4.69) is 5.32 Å². The van der Waals surface area contributed by atoms with E-state index in [9.17, 15) is 15.0 Å². The lowest BCUT2D eigenvalue weighted by Gasteiger charge is -2.16. The third-order valence-corrected chi connectivity index (χ3v) is 2.09. The third-order valence-electron chi connectivity index (χ3n) is 2.09. The molecule has 6 nitrogen and oxygen atoms in total. The molecule has 0 bridgehead atoms. The van der Waals surface area contributed by atoms with Crippen LogP contribution in [0.2, 0.25) is 0 Å². The molecule has 0 aliphatic carbocycles. The molecule has 0 atom stereocenters. The van der Waals surface area contributed by atoms with Crippen LogP contribution in [-0.4, -0.2) is 40.5 Å². The van der Waals surface area contributed by atoms with Crippen molar-refractivity contribution >= 4 is 5.91 Å². The van der Waals surface area contributed by atoms with Crippen LogP contribution in [0.1, 0.15) is 24.2 Å². The van der Waals surface area contributed by atoms with Crippen molar-refractivity contribution in [3.8, 4) is 17.2 Å². The maximum atomic E-state index is 11.8. The van der Waals surface area contributed by atoms with Crippen LogP contribution in [0.3, 0.4) is 0 Å². The molecule has 0 unspecified atom stereocenters. The number of benzene rings is 1. The summed E-state index contributed by atoms with van der Waals surface area (Å²) in [6, 6.07) is 2.45. The van der Waals surface area contributed by atoms with E-state index < -0.39 is 5.91 Å². The van der Waals surface area contributed by atoms with E-state index in [1.807, 2.05) is 0 Å². The summed E-state index contributed by atoms with van der Waals surface area (Å²) in [6.07, 6.45) is -0.262. The van der Waals surface area contributed by atoms with Crippen molar-refractivity contribution in [3.05, 3.63) is 17.7 Å². The molecule has 0 saturated carbocycles. The fraction of sp³-hybridized carbons (Fsp3) is 0.417. The molecule has 4 N–H and O–H groups in total. The summed E-state index contributed by atoms with van der Waals surface area (Å²) >= 11 is 0. The molecule has 0 heterocycles. The summed E-state index contributed by atoms with van der Waals surface area (Å²) < 4.78 is 5.32. The van der Waals surface area contributed by atoms with Crippen LogP contribution in [0.4, 0.5) is 0 Å². The lowest BCUT2D eigenvalue weighted by atomic mass is 10.1. The summed E-state index contributed by atoms with van der Waals surface area (Å²) in [7, 11) is 0. The van der Waals surface area contributed by atoms with Gasteiger partial charge in [-0.3, -0.25) is 4.79 Å². The van der Waals surface area contributed by atoms with Crippen LogP contribution in [0.15, 0.2) is 12.1 Å². The average Bonchev–Trinajstić information content (AvgIpc) is 2.30. The molecular weight excluding hydrogens is 238 g/mol. The van der Waals surface area contributed by atoms with Crippen LogP contribution in [-0.2, 0) is 0 Å². The number of rotatable bonds is 5. The van der Waals surface area contributed by atoms with E-state index >= 15 is 0 Å². The zero-order chi connectivity index (χ0) is 13.7. The Morgan fingerprint density at radius 1 is 1.33 bits per heavy atom. The first-order chi connectivity index (χ1) is 8.47. The Kier molecular flexibility index (Phi) is 4.79. The van der Waals surface area contributed by atoms with Gasteiger partial charge in [0.25, 0.3) is 5.91 Å². The largest absolute Gasteiger partial charge is 0.507 e. The predicted molar refractivity (Wildman–Crippen MR) is 65.0 cm³/mol. The summed E-state index contributed by atoms with van der Waals surface area (Å²) in [5.74, 6) is -1.21. The van der Waals surface area contributed by atoms with Gasteiger partial charge in [0.15, 0.2) is 11.5 Å². The first-order valence-electron chi connectivity index (χ1n) is 5.58. The molecule has 0 aliphatic heterocycles. The monoisotopic (exact) mass is 255 g/mol. The van der Waals surface area contributed by atoms with Crippen molar-refractivity contribution in [2.45, 2.75) is 20.0 Å². The van der Waals surface area contributed by atoms with Crippen LogP contribution in [0.25, 0.3) is 0 Å². The summed E-state index contributed by atoms with van der Waals surface area (Å²) in [5, 5.41) is 30.4. The van der Waals surface area contributed by atoms with Crippen molar-refractivity contribution in [2.24, 2.45) is 0 Å². The number of nitrogens with one attached hydrogen (secondary N) is 1. The smallest absolute Gasteiger partial charge is 0.259 e. The molecule has 1 aromatic carbocycles. The number of carbonyl (C=O) groups excluding carboxylic acids is 1. The highest BCUT2D eigenvalue weighted by molar-refractivity contribution is 6.00. The van der Waals surface area contributed by atoms with Crippen LogP contribution in [0, 0.1) is 0 Å². The number of amides is 1. The van der Waals surface area contributed by atoms with Crippen molar-refractivity contribution in [2.75, 3.05) is 13.2 Å². The Labute approximate surface area is 105 Å². The Hall–Kier alpha value is -1.95. The number of phenols is 2. The number of hydrogen-bond acceptors (Lipinski definition) is 5. The van der Waals surface area contributed by atoms with Gasteiger partial charge in [0.05, 0.1) is 12.7 Å². The van der Waals surface area contributed by atoms with Gasteiger partial charge in [-0.15, -0.1) is 0 Å². The first kappa shape index (κ1) is 14.1. The van der Waals surface area contributed by atoms with E-state index in [1.165, 1.54) is 12.1 Å². The number of ether oxygens (including phenoxy) is 1. The van der Waals surface area contributed by atoms with E-state index in [4.69, 9.17) is 9.84 Å². The average molecular weight is 255 g/mol. The number of hydrogen-bond donors (Lipinski definition) is 4. The molecule has 0 aromatic heterocycles. The molecule has 100 valence electrons. The fourth-order valence-corrected chi connectivity index (χ4v) is 1.39. The molecule has 0 fully saturated rings. The summed E-state index contributed by atoms with van der Waals surface area (Å²) in [6.45, 7) is 3.30. The van der Waals surface area contributed by atoms with Gasteiger partial charge in [0.1, 0.15) is 11.3 Å². The molecule has 0 spiro atoms. The highest BCUT2D eigenvalue weighted by atomic mass is 16.5. The zero-order valence-electron chi connectivity index (χ0n) is 10.3. The van der Waals surface area contributed by atoms with Gasteiger partial charge in [-0.05, 0) is 26.0 Å². The highest BCUT2D eigenvalue weighted by Crippen LogP contribution is 2.36. The SMILES string of the molecule is CC(C)Oc1c(O)ccc(O)c1C(=O)NCCO. The second-order valence-electron chi connectivity index (χ2n) is 3.95. The number of aromatic hydroxyl groups is 2. The van der Waals surface area contributed by atoms with Crippen molar-refractivity contribution in [1.82, 2.24) is 5.32 Å². The Morgan fingerprint density at radius 3 is 2.50 bits per heavy atom. The first-order valence-corrected chi connectivity index (χ1v) is 5.58. The minimum Gasteiger partial charge on any atom is -0.507 e. The minimum atomic E-state index is -0.617. The van der Waals surface area contributed by atoms with E-state index in [0.717, 1.165) is 0 Å². The summed E-state index contributed by atoms with van der Waals surface area (Å²) in [5.41, 5.74) is -0.142. The van der Waals surface area contributed by atoms with Crippen molar-refractivity contribution in [3.63, 3.8) is 0 Å². The number of aliphatic hydroxyl groups is 1. The summed E-state index contributed by atoms with van der Waals surface area (Å²) in [4.78, 5) is 11.8. The molecule has 0 saturated heterocycles. The lowest BCUT2D eigenvalue weighted by Crippen LogP contribution is -2.27. The predicted octanol–water partition coefficient (Wildman–Crippen LogP) is 0.607. The number of phenolic OH excluding ortho intramolecular Hbond substituents is 2. The zero-order valence-corrected chi connectivity index (χ0v) is 10.3. The molecule has 0 radical (unpaired) electrons. The molecule has 1 aromatic rings. The third kappa shape index (κ3) is 3.27. The van der Waals surface area contributed by atoms with Gasteiger partial charge in [-0.1, -0.05) is 0 Å². The topological polar surface area (TPSA) is 99.0 Å². The van der Waals surface area contributed by atoms with E-state index in [-0.39, 0.29) is 42.1 Å². The normalized spacial score (nSPS) is 10.4. The number of carbonyl (C=O) groups is 1. The van der Waals surface area contributed by atoms with Crippen molar-refractivity contribution < 1.29 is 24.9 Å². The van der Waals surface area contributed by atoms with Gasteiger partial charge < -0.3 is 25.4 Å². The van der Waals surface area contributed by atoms with Gasteiger partial charge in [-0.2, -0.15) is 0 Å². The fourth-order valence-electron chi connectivity index (χ4n) is 1.39. The second kappa shape index (κ2) is 6.11. The van der Waals surface area contributed by atoms with Crippen LogP contribution in [0.5, 0.6) is 17.2 Å². The second-order valence-corrected chi connectivity index (χ2v) is 3.95. The van der Waals surface area contributed by atoms with E-state index in [1.54, 1.807) is 13.8 Å². The maximum Gasteiger partial charge on any atom is 0.259 e. The highest BCUT2D eigenvalue weighted by Gasteiger charge is 2.21. The molecule has 0 aliphatic rings. The molecule has 18 heavy (non-hydrogen) atoms. The van der Waals surface area contributed by atoms with Gasteiger partial charge in [-0.25, -0.2) is 0 Å². The Bertz CT molecular complexity index is 431. The Morgan fingerprint density at radius 2 is 1.94 bits per heavy atom. The van der Waals surface area contributed by atoms with Crippen LogP contribution >= 0.6 is 0 Å². The minimum absolute atomic E-state index is 0.0506. The molecule has 1 rings (SSSR count). The molecule has 6 heteroatoms. The van der Waals surface area contributed by atoms with Gasteiger partial charge in [0, 0.05) is 6.54 Å². The Balaban J connectivity index is 3.14. The van der Waals surface area contributed by atoms with Gasteiger partial charge >= 0.3 is 0 Å². The molecule has 1 amide bonds. The number of aliphatic hydroxyl groups excluding tert-OH is 1. The van der Waals surface area contributed by atoms with Crippen molar-refractivity contribution in [1.29, 1.82) is 0 Å². The maximum absolute atomic E-state index is 11.8. The van der Waals surface area contributed by atoms with E-state index in [0.29, 0.717) is 0 Å². The standard InChI is InChI=1S/C12H17NO5/c1-7(2)18-11-9(16)4-3-8(15)10(11)12(17)13-5-6-14/h3-4,7,14-16H,5-6H2,1-2H3,(H,13,17). The quantitative estimate of drug-likeness (QED) is 0.578. The van der Waals surface area contributed by atoms with Gasteiger partial charge in [0.2, 0.25) is 0 Å². The van der Waals surface area contributed by atoms with Crippen LogP contribution < -0.4 is 10.1 Å².